The van der Waals surface area contributed by atoms with Gasteiger partial charge in [0.15, 0.2) is 5.82 Å². The number of aliphatic imine (C=N–C) groups is 2. The first kappa shape index (κ1) is 16.9. The molecular formula is C14H16N6O4S. The van der Waals surface area contributed by atoms with Gasteiger partial charge < -0.3 is 4.74 Å². The summed E-state index contributed by atoms with van der Waals surface area (Å²) < 4.78 is 33.4. The van der Waals surface area contributed by atoms with Gasteiger partial charge in [-0.1, -0.05) is 6.07 Å². The molecule has 25 heavy (non-hydrogen) atoms. The molecule has 0 spiro atoms. The molecule has 0 saturated carbocycles. The molecule has 2 aliphatic rings. The molecule has 10 nitrogen and oxygen atoms in total. The normalized spacial score (nSPS) is 15.9. The third kappa shape index (κ3) is 3.06. The van der Waals surface area contributed by atoms with E-state index in [0.717, 1.165) is 9.98 Å². The first-order valence-corrected chi connectivity index (χ1v) is 8.61. The molecule has 0 aliphatic carbocycles. The number of fused-ring (bicyclic) bond motifs is 1. The van der Waals surface area contributed by atoms with Gasteiger partial charge in [-0.05, 0) is 31.0 Å². The quantitative estimate of drug-likeness (QED) is 0.758. The number of ether oxygens (including phenoxy) is 1. The van der Waals surface area contributed by atoms with Crippen molar-refractivity contribution in [2.24, 2.45) is 9.98 Å². The molecule has 0 radical (unpaired) electrons. The van der Waals surface area contributed by atoms with Gasteiger partial charge in [0.25, 0.3) is 0 Å². The maximum atomic E-state index is 12.7. The summed E-state index contributed by atoms with van der Waals surface area (Å²) in [5.74, 6) is -0.280. The Bertz CT molecular complexity index is 921. The van der Waals surface area contributed by atoms with Gasteiger partial charge in [0.1, 0.15) is 12.7 Å². The summed E-state index contributed by atoms with van der Waals surface area (Å²) in [5.41, 5.74) is 4.33. The molecule has 2 heterocycles. The monoisotopic (exact) mass is 364 g/mol. The van der Waals surface area contributed by atoms with E-state index < -0.39 is 16.2 Å². The minimum Gasteiger partial charge on any atom is -0.465 e. The number of methoxy groups -OCH3 is 1. The van der Waals surface area contributed by atoms with Gasteiger partial charge in [-0.2, -0.15) is 12.8 Å². The third-order valence-electron chi connectivity index (χ3n) is 3.76. The van der Waals surface area contributed by atoms with E-state index in [0.29, 0.717) is 11.4 Å². The maximum absolute atomic E-state index is 12.7. The Labute approximate surface area is 144 Å². The molecule has 1 aromatic carbocycles. The summed E-state index contributed by atoms with van der Waals surface area (Å²) in [7, 11) is -2.83. The second-order valence-corrected chi connectivity index (χ2v) is 6.84. The van der Waals surface area contributed by atoms with Gasteiger partial charge in [-0.3, -0.25) is 4.72 Å². The van der Waals surface area contributed by atoms with E-state index in [1.807, 2.05) is 6.92 Å². The Hall–Kier alpha value is -2.92. The van der Waals surface area contributed by atoms with Crippen LogP contribution in [0.25, 0.3) is 0 Å². The van der Waals surface area contributed by atoms with Crippen LogP contribution in [-0.4, -0.2) is 43.6 Å². The highest BCUT2D eigenvalue weighted by Gasteiger charge is 2.31. The molecule has 0 amide bonds. The second kappa shape index (κ2) is 6.18. The summed E-state index contributed by atoms with van der Waals surface area (Å²) in [6.07, 6.45) is 3.97. The Balaban J connectivity index is 1.96. The van der Waals surface area contributed by atoms with Gasteiger partial charge in [0, 0.05) is 0 Å². The second-order valence-electron chi connectivity index (χ2n) is 5.29. The van der Waals surface area contributed by atoms with Gasteiger partial charge in [0.2, 0.25) is 0 Å². The number of aryl methyl sites for hydroxylation is 1. The van der Waals surface area contributed by atoms with Crippen molar-refractivity contribution < 1.29 is 17.9 Å². The van der Waals surface area contributed by atoms with Crippen LogP contribution in [0.3, 0.4) is 0 Å². The van der Waals surface area contributed by atoms with Crippen LogP contribution in [0.2, 0.25) is 0 Å². The first-order chi connectivity index (χ1) is 11.8. The van der Waals surface area contributed by atoms with E-state index in [4.69, 9.17) is 4.74 Å². The van der Waals surface area contributed by atoms with Crippen molar-refractivity contribution in [2.45, 2.75) is 13.8 Å². The number of nitrogens with zero attached hydrogens (tertiary/aromatic N) is 4. The molecule has 0 fully saturated rings. The summed E-state index contributed by atoms with van der Waals surface area (Å²) in [6, 6.07) is 3.24. The number of hydrogen-bond donors (Lipinski definition) is 2. The van der Waals surface area contributed by atoms with E-state index in [1.54, 1.807) is 13.0 Å². The van der Waals surface area contributed by atoms with Gasteiger partial charge in [-0.15, -0.1) is 5.53 Å². The van der Waals surface area contributed by atoms with Crippen molar-refractivity contribution in [1.82, 2.24) is 15.0 Å². The summed E-state index contributed by atoms with van der Waals surface area (Å²) in [6.45, 7) is 3.53. The molecule has 11 heteroatoms. The van der Waals surface area contributed by atoms with Crippen LogP contribution < -0.4 is 10.3 Å². The molecule has 0 unspecified atom stereocenters. The lowest BCUT2D eigenvalue weighted by atomic mass is 10.0. The van der Waals surface area contributed by atoms with Crippen molar-refractivity contribution in [3.8, 4) is 0 Å². The predicted octanol–water partition coefficient (Wildman–Crippen LogP) is 0.653. The molecule has 2 N–H and O–H groups in total. The first-order valence-electron chi connectivity index (χ1n) is 7.17. The van der Waals surface area contributed by atoms with Crippen LogP contribution in [0.5, 0.6) is 0 Å². The molecule has 0 atom stereocenters. The number of anilines is 1. The van der Waals surface area contributed by atoms with Crippen LogP contribution in [0.1, 0.15) is 21.5 Å². The SMILES string of the molecule is COC(=O)c1ccc(C)c(C)c1NS(=O)(=O)N1C=C2N=CN=CN2N1. The average molecular weight is 364 g/mol. The van der Waals surface area contributed by atoms with E-state index in [2.05, 4.69) is 20.2 Å². The highest BCUT2D eigenvalue weighted by molar-refractivity contribution is 7.90. The van der Waals surface area contributed by atoms with Crippen LogP contribution in [0.15, 0.2) is 34.1 Å². The number of nitrogens with one attached hydrogen (secondary N) is 2. The fourth-order valence-electron chi connectivity index (χ4n) is 2.25. The van der Waals surface area contributed by atoms with E-state index in [-0.39, 0.29) is 11.3 Å². The smallest absolute Gasteiger partial charge is 0.340 e. The van der Waals surface area contributed by atoms with Crippen molar-refractivity contribution in [3.63, 3.8) is 0 Å². The van der Waals surface area contributed by atoms with Gasteiger partial charge >= 0.3 is 16.2 Å². The van der Waals surface area contributed by atoms with Gasteiger partial charge in [-0.25, -0.2) is 19.8 Å². The fourth-order valence-corrected chi connectivity index (χ4v) is 3.30. The van der Waals surface area contributed by atoms with E-state index in [9.17, 15) is 13.2 Å². The highest BCUT2D eigenvalue weighted by Crippen LogP contribution is 2.27. The lowest BCUT2D eigenvalue weighted by Crippen LogP contribution is -2.45. The Morgan fingerprint density at radius 3 is 2.76 bits per heavy atom. The molecule has 1 aromatic rings. The standard InChI is InChI=1S/C14H16N6O4S/c1-9-4-5-11(14(21)24-3)13(10(9)2)17-25(22,23)20-6-12-16-7-15-8-19(12)18-20/h4-8,17-18H,1-3H3. The van der Waals surface area contributed by atoms with Crippen molar-refractivity contribution in [1.29, 1.82) is 0 Å². The zero-order valence-corrected chi connectivity index (χ0v) is 14.5. The number of carbonyl (C=O) groups is 1. The largest absolute Gasteiger partial charge is 0.465 e. The summed E-state index contributed by atoms with van der Waals surface area (Å²) in [4.78, 5) is 19.7. The number of benzene rings is 1. The number of carbonyl (C=O) groups excluding carboxylic acids is 1. The van der Waals surface area contributed by atoms with Crippen LogP contribution >= 0.6 is 0 Å². The van der Waals surface area contributed by atoms with Crippen LogP contribution in [-0.2, 0) is 14.9 Å². The summed E-state index contributed by atoms with van der Waals surface area (Å²) >= 11 is 0. The molecule has 0 bridgehead atoms. The van der Waals surface area contributed by atoms with Crippen LogP contribution in [0.4, 0.5) is 5.69 Å². The predicted molar refractivity (Wildman–Crippen MR) is 91.7 cm³/mol. The van der Waals surface area contributed by atoms with Gasteiger partial charge in [0.05, 0.1) is 24.6 Å². The number of esters is 1. The molecular weight excluding hydrogens is 348 g/mol. The molecule has 0 aromatic heterocycles. The van der Waals surface area contributed by atoms with Crippen molar-refractivity contribution in [2.75, 3.05) is 11.8 Å². The Morgan fingerprint density at radius 1 is 1.32 bits per heavy atom. The minimum atomic E-state index is -4.06. The Kier molecular flexibility index (Phi) is 4.18. The molecule has 132 valence electrons. The zero-order chi connectivity index (χ0) is 18.2. The number of hydrazine groups is 2. The Morgan fingerprint density at radius 2 is 2.08 bits per heavy atom. The average Bonchev–Trinajstić information content (AvgIpc) is 3.03. The maximum Gasteiger partial charge on any atom is 0.340 e. The zero-order valence-electron chi connectivity index (χ0n) is 13.7. The van der Waals surface area contributed by atoms with E-state index in [1.165, 1.54) is 37.1 Å². The van der Waals surface area contributed by atoms with Crippen LogP contribution in [0, 0.1) is 13.8 Å². The molecule has 0 saturated heterocycles. The van der Waals surface area contributed by atoms with E-state index >= 15 is 0 Å². The highest BCUT2D eigenvalue weighted by atomic mass is 32.2. The third-order valence-corrected chi connectivity index (χ3v) is 4.92. The summed E-state index contributed by atoms with van der Waals surface area (Å²) in [5, 5.41) is 1.34. The number of rotatable bonds is 4. The topological polar surface area (TPSA) is 116 Å². The van der Waals surface area contributed by atoms with Crippen molar-refractivity contribution >= 4 is 34.5 Å². The minimum absolute atomic E-state index is 0.123. The lowest BCUT2D eigenvalue weighted by molar-refractivity contribution is 0.0602. The lowest BCUT2D eigenvalue weighted by Gasteiger charge is -2.22. The fraction of sp³-hybridized carbons (Fsp3) is 0.214. The van der Waals surface area contributed by atoms with Crippen molar-refractivity contribution in [3.05, 3.63) is 40.8 Å². The molecule has 2 aliphatic heterocycles. The number of hydrogen-bond acceptors (Lipinski definition) is 8. The molecule has 3 rings (SSSR count).